The number of benzene rings is 3. The number of halogens is 1. The first-order valence-electron chi connectivity index (χ1n) is 10.4. The number of carbonyl (C=O) groups excluding carboxylic acids is 2. The summed E-state index contributed by atoms with van der Waals surface area (Å²) in [7, 11) is 2.88. The van der Waals surface area contributed by atoms with E-state index in [0.717, 1.165) is 22.4 Å². The highest BCUT2D eigenvalue weighted by molar-refractivity contribution is 6.34. The van der Waals surface area contributed by atoms with Crippen LogP contribution in [0.15, 0.2) is 66.7 Å². The van der Waals surface area contributed by atoms with Crippen molar-refractivity contribution in [2.45, 2.75) is 12.5 Å². The van der Waals surface area contributed by atoms with E-state index < -0.39 is 12.0 Å². The Kier molecular flexibility index (Phi) is 7.94. The normalized spacial score (nSPS) is 14.0. The third-order valence-corrected chi connectivity index (χ3v) is 5.32. The summed E-state index contributed by atoms with van der Waals surface area (Å²) in [4.78, 5) is 23.9. The van der Waals surface area contributed by atoms with Crippen molar-refractivity contribution in [1.82, 2.24) is 0 Å². The molecular formula is C26H25ClN2O5. The van der Waals surface area contributed by atoms with Crippen molar-refractivity contribution < 1.29 is 23.8 Å². The van der Waals surface area contributed by atoms with Gasteiger partial charge in [-0.2, -0.15) is 0 Å². The third kappa shape index (κ3) is 5.39. The number of anilines is 1. The van der Waals surface area contributed by atoms with Crippen LogP contribution in [-0.4, -0.2) is 32.1 Å². The van der Waals surface area contributed by atoms with E-state index in [-0.39, 0.29) is 18.3 Å². The maximum atomic E-state index is 12.4. The lowest BCUT2D eigenvalue weighted by atomic mass is 10.0. The molecule has 7 nitrogen and oxygen atoms in total. The van der Waals surface area contributed by atoms with Gasteiger partial charge in [0.05, 0.1) is 14.2 Å². The minimum atomic E-state index is -0.711. The molecule has 0 radical (unpaired) electrons. The molecule has 0 saturated heterocycles. The van der Waals surface area contributed by atoms with Crippen LogP contribution in [0.5, 0.6) is 17.2 Å². The molecule has 34 heavy (non-hydrogen) atoms. The number of rotatable bonds is 7. The van der Waals surface area contributed by atoms with Crippen molar-refractivity contribution in [3.05, 3.63) is 83.4 Å². The van der Waals surface area contributed by atoms with E-state index in [4.69, 9.17) is 15.2 Å². The SMILES string of the molecule is COC(=O)[C@H](N)Cc1ccc(Oc2ccc(/C=C3/C(=O)Nc4ccccc43)cc2OC)cc1.Cl. The van der Waals surface area contributed by atoms with Crippen LogP contribution in [0.25, 0.3) is 11.6 Å². The van der Waals surface area contributed by atoms with Gasteiger partial charge in [-0.05, 0) is 54.0 Å². The number of methoxy groups -OCH3 is 2. The van der Waals surface area contributed by atoms with E-state index in [0.29, 0.717) is 29.2 Å². The van der Waals surface area contributed by atoms with E-state index in [1.807, 2.05) is 54.6 Å². The van der Waals surface area contributed by atoms with Crippen LogP contribution in [0, 0.1) is 0 Å². The standard InChI is InChI=1S/C26H24N2O5.ClH/c1-31-24-15-17(13-20-19-5-3-4-6-22(19)28-25(20)29)9-12-23(24)33-18-10-7-16(8-11-18)14-21(27)26(30)32-2;/h3-13,15,21H,14,27H2,1-2H3,(H,28,29);1H/b20-13+;/t21-;/m1./s1. The number of hydrogen-bond acceptors (Lipinski definition) is 6. The van der Waals surface area contributed by atoms with Gasteiger partial charge in [0, 0.05) is 16.8 Å². The van der Waals surface area contributed by atoms with Crippen molar-refractivity contribution >= 4 is 41.6 Å². The molecule has 1 atom stereocenters. The zero-order chi connectivity index (χ0) is 23.4. The summed E-state index contributed by atoms with van der Waals surface area (Å²) in [6.07, 6.45) is 2.20. The number of fused-ring (bicyclic) bond motifs is 1. The van der Waals surface area contributed by atoms with E-state index in [9.17, 15) is 9.59 Å². The maximum Gasteiger partial charge on any atom is 0.322 e. The van der Waals surface area contributed by atoms with Crippen molar-refractivity contribution in [2.24, 2.45) is 5.73 Å². The third-order valence-electron chi connectivity index (χ3n) is 5.32. The molecule has 0 fully saturated rings. The Morgan fingerprint density at radius 2 is 1.76 bits per heavy atom. The van der Waals surface area contributed by atoms with Crippen LogP contribution in [0.2, 0.25) is 0 Å². The second-order valence-electron chi connectivity index (χ2n) is 7.55. The van der Waals surface area contributed by atoms with Gasteiger partial charge < -0.3 is 25.3 Å². The Morgan fingerprint density at radius 1 is 1.03 bits per heavy atom. The van der Waals surface area contributed by atoms with E-state index in [1.54, 1.807) is 25.3 Å². The Balaban J connectivity index is 0.00000324. The van der Waals surface area contributed by atoms with Crippen molar-refractivity contribution in [1.29, 1.82) is 0 Å². The van der Waals surface area contributed by atoms with Gasteiger partial charge in [0.15, 0.2) is 11.5 Å². The summed E-state index contributed by atoms with van der Waals surface area (Å²) in [6, 6.07) is 19.6. The Morgan fingerprint density at radius 3 is 2.47 bits per heavy atom. The minimum Gasteiger partial charge on any atom is -0.493 e. The molecule has 0 aliphatic carbocycles. The van der Waals surface area contributed by atoms with Crippen molar-refractivity contribution in [2.75, 3.05) is 19.5 Å². The summed E-state index contributed by atoms with van der Waals surface area (Å²) < 4.78 is 16.2. The zero-order valence-corrected chi connectivity index (χ0v) is 19.6. The highest BCUT2D eigenvalue weighted by Gasteiger charge is 2.23. The molecule has 3 aromatic carbocycles. The van der Waals surface area contributed by atoms with Crippen LogP contribution >= 0.6 is 12.4 Å². The molecule has 3 N–H and O–H groups in total. The number of nitrogens with one attached hydrogen (secondary N) is 1. The van der Waals surface area contributed by atoms with E-state index >= 15 is 0 Å². The Bertz CT molecular complexity index is 1220. The van der Waals surface area contributed by atoms with Gasteiger partial charge in [-0.3, -0.25) is 9.59 Å². The highest BCUT2D eigenvalue weighted by atomic mass is 35.5. The minimum absolute atomic E-state index is 0. The van der Waals surface area contributed by atoms with Gasteiger partial charge in [0.1, 0.15) is 11.8 Å². The van der Waals surface area contributed by atoms with Crippen LogP contribution in [0.4, 0.5) is 5.69 Å². The monoisotopic (exact) mass is 480 g/mol. The quantitative estimate of drug-likeness (QED) is 0.383. The van der Waals surface area contributed by atoms with Crippen LogP contribution in [-0.2, 0) is 20.7 Å². The molecule has 4 rings (SSSR count). The van der Waals surface area contributed by atoms with E-state index in [1.165, 1.54) is 7.11 Å². The molecule has 1 aliphatic heterocycles. The summed E-state index contributed by atoms with van der Waals surface area (Å²) in [5, 5.41) is 2.87. The van der Waals surface area contributed by atoms with Gasteiger partial charge in [0.2, 0.25) is 0 Å². The summed E-state index contributed by atoms with van der Waals surface area (Å²) in [6.45, 7) is 0. The van der Waals surface area contributed by atoms with Crippen LogP contribution in [0.3, 0.4) is 0 Å². The van der Waals surface area contributed by atoms with Crippen molar-refractivity contribution in [3.8, 4) is 17.2 Å². The average molecular weight is 481 g/mol. The molecule has 0 unspecified atom stereocenters. The lowest BCUT2D eigenvalue weighted by Gasteiger charge is -2.13. The van der Waals surface area contributed by atoms with Crippen LogP contribution < -0.4 is 20.5 Å². The zero-order valence-electron chi connectivity index (χ0n) is 18.7. The molecule has 0 bridgehead atoms. The highest BCUT2D eigenvalue weighted by Crippen LogP contribution is 2.36. The number of amides is 1. The van der Waals surface area contributed by atoms with Crippen LogP contribution in [0.1, 0.15) is 16.7 Å². The fourth-order valence-corrected chi connectivity index (χ4v) is 3.62. The largest absolute Gasteiger partial charge is 0.493 e. The molecule has 8 heteroatoms. The first-order valence-corrected chi connectivity index (χ1v) is 10.4. The number of esters is 1. The predicted molar refractivity (Wildman–Crippen MR) is 133 cm³/mol. The number of hydrogen-bond donors (Lipinski definition) is 2. The van der Waals surface area contributed by atoms with Gasteiger partial charge in [-0.25, -0.2) is 0 Å². The second-order valence-corrected chi connectivity index (χ2v) is 7.55. The van der Waals surface area contributed by atoms with E-state index in [2.05, 4.69) is 10.1 Å². The number of para-hydroxylation sites is 1. The van der Waals surface area contributed by atoms with Gasteiger partial charge in [0.25, 0.3) is 5.91 Å². The maximum absolute atomic E-state index is 12.4. The Labute approximate surface area is 203 Å². The summed E-state index contributed by atoms with van der Waals surface area (Å²) >= 11 is 0. The number of carbonyl (C=O) groups is 2. The Hall–Kier alpha value is -3.81. The molecule has 1 heterocycles. The lowest BCUT2D eigenvalue weighted by Crippen LogP contribution is -2.33. The fourth-order valence-electron chi connectivity index (χ4n) is 3.62. The molecule has 0 aromatic heterocycles. The summed E-state index contributed by atoms with van der Waals surface area (Å²) in [5.74, 6) is 1.10. The fraction of sp³-hybridized carbons (Fsp3) is 0.154. The molecule has 176 valence electrons. The van der Waals surface area contributed by atoms with Gasteiger partial charge >= 0.3 is 5.97 Å². The first-order chi connectivity index (χ1) is 16.0. The lowest BCUT2D eigenvalue weighted by molar-refractivity contribution is -0.142. The molecule has 0 spiro atoms. The number of nitrogens with two attached hydrogens (primary N) is 1. The molecule has 0 saturated carbocycles. The summed E-state index contributed by atoms with van der Waals surface area (Å²) in [5.41, 5.74) is 9.79. The smallest absolute Gasteiger partial charge is 0.322 e. The topological polar surface area (TPSA) is 99.9 Å². The van der Waals surface area contributed by atoms with Crippen molar-refractivity contribution in [3.63, 3.8) is 0 Å². The predicted octanol–water partition coefficient (Wildman–Crippen LogP) is 4.44. The molecule has 3 aromatic rings. The number of ether oxygens (including phenoxy) is 3. The second kappa shape index (κ2) is 10.9. The average Bonchev–Trinajstić information content (AvgIpc) is 3.15. The molecule has 1 amide bonds. The first kappa shape index (κ1) is 24.8. The molecular weight excluding hydrogens is 456 g/mol. The molecule has 1 aliphatic rings. The van der Waals surface area contributed by atoms with Gasteiger partial charge in [-0.1, -0.05) is 36.4 Å². The van der Waals surface area contributed by atoms with Gasteiger partial charge in [-0.15, -0.1) is 12.4 Å².